The average Bonchev–Trinajstić information content (AvgIpc) is 1.83. The van der Waals surface area contributed by atoms with E-state index in [-0.39, 0.29) is 10.8 Å². The Morgan fingerprint density at radius 3 is 1.64 bits per heavy atom. The van der Waals surface area contributed by atoms with Crippen LogP contribution in [0.1, 0.15) is 34.6 Å². The molecule has 0 aliphatic heterocycles. The van der Waals surface area contributed by atoms with Crippen LogP contribution in [0.5, 0.6) is 0 Å². The minimum atomic E-state index is 0.132. The number of rotatable bonds is 2. The fourth-order valence-electron chi connectivity index (χ4n) is 0.533. The normalized spacial score (nSPS) is 13.9. The molecule has 0 heterocycles. The third-order valence-corrected chi connectivity index (χ3v) is 1.54. The van der Waals surface area contributed by atoms with Crippen LogP contribution in [0.4, 0.5) is 0 Å². The molecule has 0 aliphatic rings. The summed E-state index contributed by atoms with van der Waals surface area (Å²) in [4.78, 5) is 0. The predicted molar refractivity (Wildman–Crippen MR) is 52.6 cm³/mol. The quantitative estimate of drug-likeness (QED) is 0.528. The fourth-order valence-corrected chi connectivity index (χ4v) is 0.533. The summed E-state index contributed by atoms with van der Waals surface area (Å²) in [5, 5.41) is 0. The van der Waals surface area contributed by atoms with E-state index in [0.29, 0.717) is 0 Å². The molecule has 0 aromatic carbocycles. The summed E-state index contributed by atoms with van der Waals surface area (Å²) >= 11 is 0. The Kier molecular flexibility index (Phi) is 3.10. The Labute approximate surface area is 71.0 Å². The van der Waals surface area contributed by atoms with Crippen molar-refractivity contribution in [3.8, 4) is 0 Å². The standard InChI is InChI=1S/C11H20/c1-7-11(5,6)9-8-10(2,3)4/h7-9H,1H2,2-6H3/b9-8+. The molecular formula is C11H20. The van der Waals surface area contributed by atoms with Crippen molar-refractivity contribution in [1.82, 2.24) is 0 Å². The number of allylic oxidation sites excluding steroid dienone is 3. The summed E-state index contributed by atoms with van der Waals surface area (Å²) in [6, 6.07) is 0. The van der Waals surface area contributed by atoms with Gasteiger partial charge < -0.3 is 0 Å². The SMILES string of the molecule is C=CC(C)(C)/C=C/C(C)(C)C. The van der Waals surface area contributed by atoms with Crippen LogP contribution in [0, 0.1) is 10.8 Å². The second kappa shape index (κ2) is 3.25. The van der Waals surface area contributed by atoms with Gasteiger partial charge >= 0.3 is 0 Å². The highest BCUT2D eigenvalue weighted by atomic mass is 14.2. The van der Waals surface area contributed by atoms with Gasteiger partial charge in [0.2, 0.25) is 0 Å². The minimum absolute atomic E-state index is 0.132. The van der Waals surface area contributed by atoms with Gasteiger partial charge in [-0.2, -0.15) is 0 Å². The molecule has 0 saturated carbocycles. The van der Waals surface area contributed by atoms with Crippen LogP contribution in [0.3, 0.4) is 0 Å². The molecule has 0 aromatic rings. The molecule has 0 aliphatic carbocycles. The smallest absolute Gasteiger partial charge is 0.000193 e. The second-order valence-corrected chi connectivity index (χ2v) is 4.72. The van der Waals surface area contributed by atoms with Gasteiger partial charge in [0, 0.05) is 5.41 Å². The molecule has 11 heavy (non-hydrogen) atoms. The second-order valence-electron chi connectivity index (χ2n) is 4.72. The lowest BCUT2D eigenvalue weighted by Gasteiger charge is -2.18. The van der Waals surface area contributed by atoms with Gasteiger partial charge in [0.15, 0.2) is 0 Å². The summed E-state index contributed by atoms with van der Waals surface area (Å²) in [6.45, 7) is 14.7. The lowest BCUT2D eigenvalue weighted by molar-refractivity contribution is 0.526. The van der Waals surface area contributed by atoms with E-state index in [9.17, 15) is 0 Å². The van der Waals surface area contributed by atoms with Gasteiger partial charge in [-0.25, -0.2) is 0 Å². The lowest BCUT2D eigenvalue weighted by atomic mass is 9.88. The van der Waals surface area contributed by atoms with Crippen LogP contribution in [0.2, 0.25) is 0 Å². The molecule has 64 valence electrons. The average molecular weight is 152 g/mol. The third kappa shape index (κ3) is 5.90. The molecular weight excluding hydrogens is 132 g/mol. The number of hydrogen-bond donors (Lipinski definition) is 0. The van der Waals surface area contributed by atoms with E-state index in [4.69, 9.17) is 0 Å². The van der Waals surface area contributed by atoms with Gasteiger partial charge in [-0.15, -0.1) is 6.58 Å². The Hall–Kier alpha value is -0.520. The highest BCUT2D eigenvalue weighted by molar-refractivity contribution is 5.07. The van der Waals surface area contributed by atoms with Crippen LogP contribution >= 0.6 is 0 Å². The monoisotopic (exact) mass is 152 g/mol. The molecule has 0 N–H and O–H groups in total. The van der Waals surface area contributed by atoms with Crippen LogP contribution < -0.4 is 0 Å². The first-order valence-electron chi connectivity index (χ1n) is 4.11. The predicted octanol–water partition coefficient (Wildman–Crippen LogP) is 3.80. The van der Waals surface area contributed by atoms with Crippen LogP contribution in [0.25, 0.3) is 0 Å². The Morgan fingerprint density at radius 2 is 1.36 bits per heavy atom. The summed E-state index contributed by atoms with van der Waals surface area (Å²) in [5.74, 6) is 0. The maximum Gasteiger partial charge on any atom is 0.000193 e. The van der Waals surface area contributed by atoms with Crippen LogP contribution in [-0.4, -0.2) is 0 Å². The largest absolute Gasteiger partial charge is 0.102 e. The summed E-state index contributed by atoms with van der Waals surface area (Å²) in [7, 11) is 0. The first-order valence-corrected chi connectivity index (χ1v) is 4.11. The highest BCUT2D eigenvalue weighted by Crippen LogP contribution is 2.23. The molecule has 0 unspecified atom stereocenters. The van der Waals surface area contributed by atoms with Crippen LogP contribution in [0.15, 0.2) is 24.8 Å². The van der Waals surface area contributed by atoms with Crippen molar-refractivity contribution in [3.63, 3.8) is 0 Å². The topological polar surface area (TPSA) is 0 Å². The van der Waals surface area contributed by atoms with E-state index in [1.807, 2.05) is 6.08 Å². The summed E-state index contributed by atoms with van der Waals surface area (Å²) < 4.78 is 0. The highest BCUT2D eigenvalue weighted by Gasteiger charge is 2.10. The van der Waals surface area contributed by atoms with Gasteiger partial charge in [0.1, 0.15) is 0 Å². The van der Waals surface area contributed by atoms with E-state index in [0.717, 1.165) is 0 Å². The molecule has 0 amide bonds. The van der Waals surface area contributed by atoms with Crippen molar-refractivity contribution >= 4 is 0 Å². The molecule has 0 heteroatoms. The molecule has 0 spiro atoms. The van der Waals surface area contributed by atoms with Crippen molar-refractivity contribution in [1.29, 1.82) is 0 Å². The van der Waals surface area contributed by atoms with Crippen molar-refractivity contribution in [2.45, 2.75) is 34.6 Å². The zero-order valence-electron chi connectivity index (χ0n) is 8.44. The van der Waals surface area contributed by atoms with Gasteiger partial charge in [0.05, 0.1) is 0 Å². The molecule has 0 bridgehead atoms. The Bertz CT molecular complexity index is 153. The van der Waals surface area contributed by atoms with Crippen LogP contribution in [-0.2, 0) is 0 Å². The first-order chi connectivity index (χ1) is 4.77. The summed E-state index contributed by atoms with van der Waals surface area (Å²) in [6.07, 6.45) is 6.41. The van der Waals surface area contributed by atoms with Crippen molar-refractivity contribution in [2.24, 2.45) is 10.8 Å². The van der Waals surface area contributed by atoms with Gasteiger partial charge in [-0.3, -0.25) is 0 Å². The van der Waals surface area contributed by atoms with Gasteiger partial charge in [-0.1, -0.05) is 52.8 Å². The first kappa shape index (κ1) is 10.5. The van der Waals surface area contributed by atoms with E-state index < -0.39 is 0 Å². The molecule has 0 radical (unpaired) electrons. The zero-order chi connectivity index (χ0) is 9.12. The van der Waals surface area contributed by atoms with Crippen molar-refractivity contribution < 1.29 is 0 Å². The molecule has 0 rings (SSSR count). The van der Waals surface area contributed by atoms with E-state index in [1.54, 1.807) is 0 Å². The van der Waals surface area contributed by atoms with Crippen molar-refractivity contribution in [3.05, 3.63) is 24.8 Å². The minimum Gasteiger partial charge on any atom is -0.102 e. The Balaban J connectivity index is 4.24. The van der Waals surface area contributed by atoms with Crippen molar-refractivity contribution in [2.75, 3.05) is 0 Å². The molecule has 0 saturated heterocycles. The van der Waals surface area contributed by atoms with E-state index in [1.165, 1.54) is 0 Å². The van der Waals surface area contributed by atoms with Gasteiger partial charge in [0.25, 0.3) is 0 Å². The number of hydrogen-bond acceptors (Lipinski definition) is 0. The molecule has 0 atom stereocenters. The molecule has 0 nitrogen and oxygen atoms in total. The fraction of sp³-hybridized carbons (Fsp3) is 0.636. The zero-order valence-corrected chi connectivity index (χ0v) is 8.44. The Morgan fingerprint density at radius 1 is 0.909 bits per heavy atom. The third-order valence-electron chi connectivity index (χ3n) is 1.54. The summed E-state index contributed by atoms with van der Waals surface area (Å²) in [5.41, 5.74) is 0.410. The maximum atomic E-state index is 3.78. The maximum absolute atomic E-state index is 3.78. The van der Waals surface area contributed by atoms with Gasteiger partial charge in [-0.05, 0) is 5.41 Å². The molecule has 0 fully saturated rings. The van der Waals surface area contributed by atoms with E-state index >= 15 is 0 Å². The van der Waals surface area contributed by atoms with E-state index in [2.05, 4.69) is 53.3 Å². The molecule has 0 aromatic heterocycles. The lowest BCUT2D eigenvalue weighted by Crippen LogP contribution is -2.05.